The van der Waals surface area contributed by atoms with Crippen LogP contribution in [0.5, 0.6) is 0 Å². The first-order chi connectivity index (χ1) is 14.8. The molecule has 0 radical (unpaired) electrons. The van der Waals surface area contributed by atoms with Crippen molar-refractivity contribution in [3.63, 3.8) is 0 Å². The maximum atomic E-state index is 14.0. The van der Waals surface area contributed by atoms with Gasteiger partial charge in [-0.25, -0.2) is 13.8 Å². The molecule has 4 aromatic rings. The zero-order valence-electron chi connectivity index (χ0n) is 17.8. The monoisotopic (exact) mass is 414 g/mol. The van der Waals surface area contributed by atoms with Crippen molar-refractivity contribution in [1.29, 1.82) is 0 Å². The zero-order valence-corrected chi connectivity index (χ0v) is 17.8. The van der Waals surface area contributed by atoms with Crippen LogP contribution < -0.4 is 10.6 Å². The Bertz CT molecular complexity index is 1390. The molecule has 1 aliphatic heterocycles. The van der Waals surface area contributed by atoms with Crippen LogP contribution in [0.1, 0.15) is 38.3 Å². The highest BCUT2D eigenvalue weighted by atomic mass is 19.1. The van der Waals surface area contributed by atoms with Crippen LogP contribution in [-0.4, -0.2) is 26.1 Å². The molecule has 0 saturated heterocycles. The van der Waals surface area contributed by atoms with Crippen LogP contribution in [0.2, 0.25) is 0 Å². The predicted octanol–water partition coefficient (Wildman–Crippen LogP) is 4.48. The van der Waals surface area contributed by atoms with Crippen LogP contribution >= 0.6 is 0 Å². The van der Waals surface area contributed by atoms with Gasteiger partial charge in [-0.3, -0.25) is 0 Å². The largest absolute Gasteiger partial charge is 0.396 e. The lowest BCUT2D eigenvalue weighted by atomic mass is 9.94. The first-order valence-electron chi connectivity index (χ1n) is 10.3. The normalized spacial score (nSPS) is 13.9. The second-order valence-electron chi connectivity index (χ2n) is 8.88. The predicted molar refractivity (Wildman–Crippen MR) is 121 cm³/mol. The third kappa shape index (κ3) is 3.34. The smallest absolute Gasteiger partial charge is 0.256 e. The molecule has 0 aliphatic carbocycles. The average molecular weight is 414 g/mol. The Labute approximate surface area is 179 Å². The van der Waals surface area contributed by atoms with Crippen molar-refractivity contribution in [3.05, 3.63) is 53.5 Å². The van der Waals surface area contributed by atoms with Gasteiger partial charge in [0.1, 0.15) is 5.82 Å². The molecule has 2 N–H and O–H groups in total. The van der Waals surface area contributed by atoms with E-state index in [4.69, 9.17) is 5.73 Å². The molecule has 7 heteroatoms. The van der Waals surface area contributed by atoms with Gasteiger partial charge in [0.15, 0.2) is 0 Å². The quantitative estimate of drug-likeness (QED) is 0.367. The van der Waals surface area contributed by atoms with Crippen LogP contribution in [0, 0.1) is 23.1 Å². The van der Waals surface area contributed by atoms with Crippen LogP contribution in [0.3, 0.4) is 0 Å². The Morgan fingerprint density at radius 1 is 1.16 bits per heavy atom. The second-order valence-corrected chi connectivity index (χ2v) is 8.88. The third-order valence-corrected chi connectivity index (χ3v) is 5.40. The number of nitrogens with zero attached hydrogens (tertiary/aromatic N) is 5. The van der Waals surface area contributed by atoms with Gasteiger partial charge in [0.2, 0.25) is 5.95 Å². The summed E-state index contributed by atoms with van der Waals surface area (Å²) in [4.78, 5) is 6.50. The van der Waals surface area contributed by atoms with Gasteiger partial charge in [-0.2, -0.15) is 0 Å². The molecule has 31 heavy (non-hydrogen) atoms. The molecule has 156 valence electrons. The van der Waals surface area contributed by atoms with Crippen LogP contribution in [0.15, 0.2) is 36.5 Å². The first-order valence-corrected chi connectivity index (χ1v) is 10.3. The lowest BCUT2D eigenvalue weighted by molar-refractivity contribution is 0.571. The Kier molecular flexibility index (Phi) is 4.33. The first kappa shape index (κ1) is 19.3. The van der Waals surface area contributed by atoms with Crippen LogP contribution in [0.4, 0.5) is 21.7 Å². The van der Waals surface area contributed by atoms with E-state index in [1.54, 1.807) is 12.3 Å². The van der Waals surface area contributed by atoms with Crippen molar-refractivity contribution in [2.45, 2.75) is 33.6 Å². The van der Waals surface area contributed by atoms with E-state index in [-0.39, 0.29) is 11.1 Å². The van der Waals surface area contributed by atoms with E-state index >= 15 is 0 Å². The van der Waals surface area contributed by atoms with Crippen molar-refractivity contribution in [3.8, 4) is 11.8 Å². The summed E-state index contributed by atoms with van der Waals surface area (Å²) in [5.74, 6) is 7.34. The summed E-state index contributed by atoms with van der Waals surface area (Å²) < 4.78 is 15.9. The lowest BCUT2D eigenvalue weighted by Crippen LogP contribution is -2.27. The molecule has 5 rings (SSSR count). The number of hydrogen-bond donors (Lipinski definition) is 1. The van der Waals surface area contributed by atoms with E-state index in [1.165, 1.54) is 11.6 Å². The molecule has 0 saturated carbocycles. The van der Waals surface area contributed by atoms with Gasteiger partial charge in [-0.05, 0) is 63.4 Å². The Morgan fingerprint density at radius 3 is 2.81 bits per heavy atom. The number of aromatic nitrogens is 4. The van der Waals surface area contributed by atoms with E-state index in [0.717, 1.165) is 36.2 Å². The minimum absolute atomic E-state index is 0.0694. The Hall–Kier alpha value is -3.66. The fraction of sp³-hybridized carbons (Fsp3) is 0.292. The number of anilines is 3. The molecular formula is C24H23FN6. The fourth-order valence-corrected chi connectivity index (χ4v) is 3.96. The minimum Gasteiger partial charge on any atom is -0.396 e. The molecule has 2 aromatic heterocycles. The number of halogens is 1. The lowest BCUT2D eigenvalue weighted by Gasteiger charge is -2.30. The fourth-order valence-electron chi connectivity index (χ4n) is 3.96. The molecule has 6 nitrogen and oxygen atoms in total. The van der Waals surface area contributed by atoms with Crippen molar-refractivity contribution in [1.82, 2.24) is 19.6 Å². The van der Waals surface area contributed by atoms with Gasteiger partial charge < -0.3 is 10.6 Å². The topological polar surface area (TPSA) is 72.3 Å². The standard InChI is InChI=1S/C24H23FN6/c1-24(2,3)10-9-15-6-4-8-20-17(15)7-5-11-30(20)23-29-28-22-27-14-16-12-18(25)19(26)13-21(16)31(22)23/h4,6,8,12-14H,5,7,11,26H2,1-3H3. The summed E-state index contributed by atoms with van der Waals surface area (Å²) in [6, 6.07) is 9.19. The van der Waals surface area contributed by atoms with Gasteiger partial charge in [0.25, 0.3) is 5.78 Å². The summed E-state index contributed by atoms with van der Waals surface area (Å²) in [5.41, 5.74) is 9.91. The van der Waals surface area contributed by atoms with E-state index in [1.807, 2.05) is 10.5 Å². The van der Waals surface area contributed by atoms with Crippen LogP contribution in [-0.2, 0) is 6.42 Å². The zero-order chi connectivity index (χ0) is 21.8. The number of benzene rings is 2. The van der Waals surface area contributed by atoms with Gasteiger partial charge in [0, 0.05) is 34.8 Å². The maximum absolute atomic E-state index is 14.0. The molecule has 3 heterocycles. The minimum atomic E-state index is -0.464. The molecule has 0 atom stereocenters. The van der Waals surface area contributed by atoms with E-state index in [9.17, 15) is 4.39 Å². The number of nitrogens with two attached hydrogens (primary N) is 1. The molecule has 0 fully saturated rings. The van der Waals surface area contributed by atoms with Crippen molar-refractivity contribution in [2.75, 3.05) is 17.2 Å². The number of rotatable bonds is 1. The van der Waals surface area contributed by atoms with Gasteiger partial charge in [-0.15, -0.1) is 10.2 Å². The molecular weight excluding hydrogens is 391 g/mol. The summed E-state index contributed by atoms with van der Waals surface area (Å²) >= 11 is 0. The SMILES string of the molecule is CC(C)(C)C#Cc1cccc2c1CCCN2c1nnc2ncc3cc(F)c(N)cc3n12. The van der Waals surface area contributed by atoms with Crippen molar-refractivity contribution >= 4 is 34.0 Å². The summed E-state index contributed by atoms with van der Waals surface area (Å²) in [6.45, 7) is 7.11. The molecule has 0 unspecified atom stereocenters. The Balaban J connectivity index is 1.70. The van der Waals surface area contributed by atoms with Crippen molar-refractivity contribution in [2.24, 2.45) is 5.41 Å². The summed E-state index contributed by atoms with van der Waals surface area (Å²) in [6.07, 6.45) is 3.51. The molecule has 0 amide bonds. The van der Waals surface area contributed by atoms with Gasteiger partial charge in [-0.1, -0.05) is 17.9 Å². The van der Waals surface area contributed by atoms with Gasteiger partial charge in [0.05, 0.1) is 11.2 Å². The van der Waals surface area contributed by atoms with E-state index in [0.29, 0.717) is 17.1 Å². The molecule has 2 aromatic carbocycles. The average Bonchev–Trinajstić information content (AvgIpc) is 3.16. The number of hydrogen-bond acceptors (Lipinski definition) is 5. The Morgan fingerprint density at radius 2 is 2.00 bits per heavy atom. The molecule has 0 bridgehead atoms. The summed E-state index contributed by atoms with van der Waals surface area (Å²) in [5, 5.41) is 9.34. The van der Waals surface area contributed by atoms with Gasteiger partial charge >= 0.3 is 0 Å². The highest BCUT2D eigenvalue weighted by Gasteiger charge is 2.25. The van der Waals surface area contributed by atoms with Crippen LogP contribution in [0.25, 0.3) is 16.7 Å². The second kappa shape index (κ2) is 6.95. The maximum Gasteiger partial charge on any atom is 0.256 e. The summed E-state index contributed by atoms with van der Waals surface area (Å²) in [7, 11) is 0. The highest BCUT2D eigenvalue weighted by Crippen LogP contribution is 2.35. The molecule has 0 spiro atoms. The van der Waals surface area contributed by atoms with Crippen molar-refractivity contribution < 1.29 is 4.39 Å². The highest BCUT2D eigenvalue weighted by molar-refractivity contribution is 5.85. The number of fused-ring (bicyclic) bond motifs is 4. The molecule has 1 aliphatic rings. The van der Waals surface area contributed by atoms with E-state index < -0.39 is 5.82 Å². The number of nitrogen functional groups attached to an aromatic ring is 1. The third-order valence-electron chi connectivity index (χ3n) is 5.40. The van der Waals surface area contributed by atoms with E-state index in [2.05, 4.69) is 64.8 Å².